The van der Waals surface area contributed by atoms with Gasteiger partial charge in [0.25, 0.3) is 0 Å². The number of nitrogens with two attached hydrogens (primary N) is 1. The van der Waals surface area contributed by atoms with Crippen LogP contribution < -0.4 is 21.9 Å². The van der Waals surface area contributed by atoms with E-state index in [-0.39, 0.29) is 11.1 Å². The first-order valence-electron chi connectivity index (χ1n) is 8.92. The third-order valence-corrected chi connectivity index (χ3v) is 5.04. The van der Waals surface area contributed by atoms with Crippen molar-refractivity contribution in [1.82, 2.24) is 16.1 Å². The standard InChI is InChI=1S/C17H38N6O2/c1-13(22-24)16(3,4)19-10-7-15(9-12-21-18)8-11-20-17(5,6)14(2)23-25/h15,19-21,24-25H,7-12,18H2,1-6H3/b22-13-,23-14-. The van der Waals surface area contributed by atoms with Crippen LogP contribution in [-0.4, -0.2) is 52.5 Å². The Morgan fingerprint density at radius 2 is 1.20 bits per heavy atom. The average molecular weight is 359 g/mol. The third-order valence-electron chi connectivity index (χ3n) is 5.04. The Morgan fingerprint density at radius 3 is 1.52 bits per heavy atom. The number of rotatable bonds is 13. The summed E-state index contributed by atoms with van der Waals surface area (Å²) in [6.07, 6.45) is 2.98. The van der Waals surface area contributed by atoms with Gasteiger partial charge in [-0.25, -0.2) is 0 Å². The van der Waals surface area contributed by atoms with Crippen molar-refractivity contribution in [3.05, 3.63) is 0 Å². The lowest BCUT2D eigenvalue weighted by Crippen LogP contribution is -2.47. The van der Waals surface area contributed by atoms with Crippen LogP contribution in [0.15, 0.2) is 10.3 Å². The van der Waals surface area contributed by atoms with Crippen LogP contribution in [0.4, 0.5) is 0 Å². The molecule has 0 aromatic heterocycles. The molecule has 0 spiro atoms. The maximum Gasteiger partial charge on any atom is 0.0734 e. The number of hydrazine groups is 1. The largest absolute Gasteiger partial charge is 0.411 e. The van der Waals surface area contributed by atoms with Crippen molar-refractivity contribution in [2.75, 3.05) is 19.6 Å². The lowest BCUT2D eigenvalue weighted by molar-refractivity contribution is 0.306. The molecular weight excluding hydrogens is 320 g/mol. The fourth-order valence-corrected chi connectivity index (χ4v) is 2.40. The first-order valence-corrected chi connectivity index (χ1v) is 8.92. The fourth-order valence-electron chi connectivity index (χ4n) is 2.40. The van der Waals surface area contributed by atoms with E-state index >= 15 is 0 Å². The smallest absolute Gasteiger partial charge is 0.0734 e. The highest BCUT2D eigenvalue weighted by atomic mass is 16.4. The summed E-state index contributed by atoms with van der Waals surface area (Å²) in [6.45, 7) is 14.0. The van der Waals surface area contributed by atoms with E-state index in [2.05, 4.69) is 26.4 Å². The minimum absolute atomic E-state index is 0.333. The predicted molar refractivity (Wildman–Crippen MR) is 103 cm³/mol. The van der Waals surface area contributed by atoms with Crippen molar-refractivity contribution in [3.8, 4) is 0 Å². The van der Waals surface area contributed by atoms with Crippen LogP contribution in [0, 0.1) is 5.92 Å². The molecule has 0 fully saturated rings. The highest BCUT2D eigenvalue weighted by Gasteiger charge is 2.23. The van der Waals surface area contributed by atoms with Gasteiger partial charge in [-0.05, 0) is 79.8 Å². The van der Waals surface area contributed by atoms with E-state index in [1.165, 1.54) is 0 Å². The lowest BCUT2D eigenvalue weighted by atomic mass is 9.94. The van der Waals surface area contributed by atoms with Crippen molar-refractivity contribution in [3.63, 3.8) is 0 Å². The van der Waals surface area contributed by atoms with Crippen molar-refractivity contribution in [1.29, 1.82) is 0 Å². The van der Waals surface area contributed by atoms with Gasteiger partial charge in [0, 0.05) is 6.54 Å². The molecule has 0 saturated heterocycles. The summed E-state index contributed by atoms with van der Waals surface area (Å²) in [5, 5.41) is 31.3. The van der Waals surface area contributed by atoms with Crippen molar-refractivity contribution >= 4 is 11.4 Å². The highest BCUT2D eigenvalue weighted by Crippen LogP contribution is 2.15. The Morgan fingerprint density at radius 1 is 0.840 bits per heavy atom. The second kappa shape index (κ2) is 11.4. The quantitative estimate of drug-likeness (QED) is 0.129. The molecule has 0 heterocycles. The van der Waals surface area contributed by atoms with E-state index in [4.69, 9.17) is 16.3 Å². The van der Waals surface area contributed by atoms with Gasteiger partial charge >= 0.3 is 0 Å². The van der Waals surface area contributed by atoms with Crippen LogP contribution in [0.3, 0.4) is 0 Å². The van der Waals surface area contributed by atoms with Gasteiger partial charge in [0.1, 0.15) is 0 Å². The molecule has 0 aliphatic carbocycles. The molecule has 0 bridgehead atoms. The van der Waals surface area contributed by atoms with E-state index in [9.17, 15) is 0 Å². The first kappa shape index (κ1) is 23.8. The minimum Gasteiger partial charge on any atom is -0.411 e. The van der Waals surface area contributed by atoms with Gasteiger partial charge in [-0.15, -0.1) is 0 Å². The second-order valence-electron chi connectivity index (χ2n) is 7.66. The molecule has 7 N–H and O–H groups in total. The summed E-state index contributed by atoms with van der Waals surface area (Å²) < 4.78 is 0. The highest BCUT2D eigenvalue weighted by molar-refractivity contribution is 5.90. The van der Waals surface area contributed by atoms with E-state index in [0.29, 0.717) is 17.3 Å². The Kier molecular flexibility index (Phi) is 10.8. The van der Waals surface area contributed by atoms with Crippen molar-refractivity contribution < 1.29 is 10.4 Å². The first-order chi connectivity index (χ1) is 11.6. The molecular formula is C17H38N6O2. The zero-order valence-corrected chi connectivity index (χ0v) is 16.7. The van der Waals surface area contributed by atoms with E-state index in [1.54, 1.807) is 13.8 Å². The van der Waals surface area contributed by atoms with Crippen LogP contribution in [-0.2, 0) is 0 Å². The Balaban J connectivity index is 4.47. The number of oxime groups is 2. The monoisotopic (exact) mass is 358 g/mol. The van der Waals surface area contributed by atoms with Gasteiger partial charge in [0.05, 0.1) is 22.5 Å². The number of hydrogen-bond acceptors (Lipinski definition) is 8. The molecule has 0 saturated carbocycles. The topological polar surface area (TPSA) is 127 Å². The zero-order valence-electron chi connectivity index (χ0n) is 16.7. The van der Waals surface area contributed by atoms with Crippen LogP contribution in [0.5, 0.6) is 0 Å². The number of nitrogens with one attached hydrogen (secondary N) is 3. The lowest BCUT2D eigenvalue weighted by Gasteiger charge is -2.28. The van der Waals surface area contributed by atoms with Crippen LogP contribution in [0.2, 0.25) is 0 Å². The molecule has 8 nitrogen and oxygen atoms in total. The fraction of sp³-hybridized carbons (Fsp3) is 0.882. The molecule has 0 unspecified atom stereocenters. The molecule has 25 heavy (non-hydrogen) atoms. The van der Waals surface area contributed by atoms with Gasteiger partial charge < -0.3 is 21.0 Å². The maximum atomic E-state index is 8.94. The Labute approximate surface area is 152 Å². The van der Waals surface area contributed by atoms with Crippen LogP contribution >= 0.6 is 0 Å². The van der Waals surface area contributed by atoms with E-state index in [1.807, 2.05) is 27.7 Å². The molecule has 0 aliphatic heterocycles. The van der Waals surface area contributed by atoms with Crippen LogP contribution in [0.25, 0.3) is 0 Å². The Bertz CT molecular complexity index is 399. The molecule has 0 aliphatic rings. The molecule has 8 heteroatoms. The number of hydrogen-bond donors (Lipinski definition) is 6. The SMILES string of the molecule is C/C(=N/O)C(C)(C)NCCC(CCNN)CCNC(C)(C)/C(C)=N\O. The summed E-state index contributed by atoms with van der Waals surface area (Å²) in [5.41, 5.74) is 3.38. The summed E-state index contributed by atoms with van der Waals surface area (Å²) >= 11 is 0. The van der Waals surface area contributed by atoms with Crippen molar-refractivity contribution in [2.45, 2.75) is 71.9 Å². The minimum atomic E-state index is -0.333. The molecule has 0 radical (unpaired) electrons. The van der Waals surface area contributed by atoms with E-state index in [0.717, 1.165) is 38.9 Å². The second-order valence-corrected chi connectivity index (χ2v) is 7.66. The summed E-state index contributed by atoms with van der Waals surface area (Å²) in [6, 6.07) is 0. The predicted octanol–water partition coefficient (Wildman–Crippen LogP) is 1.67. The van der Waals surface area contributed by atoms with Gasteiger partial charge in [0.15, 0.2) is 0 Å². The van der Waals surface area contributed by atoms with Crippen molar-refractivity contribution in [2.24, 2.45) is 22.1 Å². The number of nitrogens with zero attached hydrogens (tertiary/aromatic N) is 2. The van der Waals surface area contributed by atoms with Gasteiger partial charge in [-0.1, -0.05) is 10.3 Å². The average Bonchev–Trinajstić information content (AvgIpc) is 2.57. The molecule has 0 amide bonds. The molecule has 0 aromatic rings. The normalized spacial score (nSPS) is 15.5. The van der Waals surface area contributed by atoms with Crippen LogP contribution in [0.1, 0.15) is 60.8 Å². The summed E-state index contributed by atoms with van der Waals surface area (Å²) in [7, 11) is 0. The summed E-state index contributed by atoms with van der Waals surface area (Å²) in [4.78, 5) is 0. The van der Waals surface area contributed by atoms with Gasteiger partial charge in [-0.2, -0.15) is 0 Å². The van der Waals surface area contributed by atoms with Gasteiger partial charge in [-0.3, -0.25) is 11.3 Å². The van der Waals surface area contributed by atoms with Gasteiger partial charge in [0.2, 0.25) is 0 Å². The zero-order chi connectivity index (χ0) is 19.5. The molecule has 0 atom stereocenters. The maximum absolute atomic E-state index is 8.94. The van der Waals surface area contributed by atoms with E-state index < -0.39 is 0 Å². The molecule has 148 valence electrons. The summed E-state index contributed by atoms with van der Waals surface area (Å²) in [5.74, 6) is 5.92. The molecule has 0 aromatic carbocycles. The Hall–Kier alpha value is -1.22. The molecule has 0 rings (SSSR count). The third kappa shape index (κ3) is 9.15.